The number of nitrogens with zero attached hydrogens (tertiary/aromatic N) is 1. The zero-order valence-corrected chi connectivity index (χ0v) is 16.4. The summed E-state index contributed by atoms with van der Waals surface area (Å²) < 4.78 is 16.6. The number of nitrogens with one attached hydrogen (secondary N) is 1. The Morgan fingerprint density at radius 3 is 2.93 bits per heavy atom. The summed E-state index contributed by atoms with van der Waals surface area (Å²) >= 11 is 0. The Morgan fingerprint density at radius 1 is 1.18 bits per heavy atom. The Kier molecular flexibility index (Phi) is 4.65. The largest absolute Gasteiger partial charge is 0.493 e. The molecule has 2 aromatic carbocycles. The number of rotatable bonds is 6. The number of methoxy groups -OCH3 is 1. The maximum absolute atomic E-state index is 5.60. The van der Waals surface area contributed by atoms with Gasteiger partial charge in [0.2, 0.25) is 12.5 Å². The van der Waals surface area contributed by atoms with Crippen LogP contribution in [0, 0.1) is 11.3 Å². The summed E-state index contributed by atoms with van der Waals surface area (Å²) in [6, 6.07) is 15.1. The van der Waals surface area contributed by atoms with Gasteiger partial charge in [0.1, 0.15) is 0 Å². The maximum atomic E-state index is 5.60. The summed E-state index contributed by atoms with van der Waals surface area (Å²) in [5.41, 5.74) is 3.06. The predicted octanol–water partition coefficient (Wildman–Crippen LogP) is 3.08. The second-order valence-corrected chi connectivity index (χ2v) is 8.38. The molecule has 5 heteroatoms. The number of hydrogen-bond donors (Lipinski definition) is 1. The van der Waals surface area contributed by atoms with Crippen LogP contribution in [0.4, 0.5) is 0 Å². The average Bonchev–Trinajstić information content (AvgIpc) is 3.41. The molecule has 1 N–H and O–H groups in total. The molecule has 5 nitrogen and oxygen atoms in total. The Bertz CT molecular complexity index is 841. The second-order valence-electron chi connectivity index (χ2n) is 8.38. The lowest BCUT2D eigenvalue weighted by Crippen LogP contribution is -2.33. The normalized spacial score (nSPS) is 25.8. The molecule has 3 aliphatic heterocycles. The monoisotopic (exact) mass is 380 g/mol. The summed E-state index contributed by atoms with van der Waals surface area (Å²) in [5.74, 6) is 3.03. The third kappa shape index (κ3) is 3.23. The minimum atomic E-state index is 0.273. The Labute approximate surface area is 166 Å². The van der Waals surface area contributed by atoms with Gasteiger partial charge in [0.05, 0.1) is 7.11 Å². The summed E-state index contributed by atoms with van der Waals surface area (Å²) in [7, 11) is 1.69. The first kappa shape index (κ1) is 17.8. The lowest BCUT2D eigenvalue weighted by Gasteiger charge is -2.28. The first-order valence-electron chi connectivity index (χ1n) is 10.2. The van der Waals surface area contributed by atoms with Crippen molar-refractivity contribution in [1.29, 1.82) is 0 Å². The van der Waals surface area contributed by atoms with Crippen LogP contribution in [0.15, 0.2) is 42.5 Å². The van der Waals surface area contributed by atoms with Crippen molar-refractivity contribution >= 4 is 0 Å². The van der Waals surface area contributed by atoms with E-state index >= 15 is 0 Å². The fourth-order valence-electron chi connectivity index (χ4n) is 5.18. The molecule has 0 aromatic heterocycles. The quantitative estimate of drug-likeness (QED) is 0.834. The minimum Gasteiger partial charge on any atom is -0.493 e. The van der Waals surface area contributed by atoms with Gasteiger partial charge in [0.25, 0.3) is 0 Å². The summed E-state index contributed by atoms with van der Waals surface area (Å²) in [5, 5.41) is 3.65. The van der Waals surface area contributed by atoms with E-state index in [0.717, 1.165) is 62.3 Å². The van der Waals surface area contributed by atoms with Crippen LogP contribution in [-0.4, -0.2) is 45.0 Å². The van der Waals surface area contributed by atoms with Crippen molar-refractivity contribution in [2.24, 2.45) is 11.3 Å². The lowest BCUT2D eigenvalue weighted by molar-refractivity contribution is 0.171. The Hall–Kier alpha value is -2.24. The number of aryl methyl sites for hydroxylation is 1. The molecular formula is C23H28N2O3. The molecule has 2 aromatic rings. The van der Waals surface area contributed by atoms with Gasteiger partial charge in [0.15, 0.2) is 11.5 Å². The van der Waals surface area contributed by atoms with Crippen molar-refractivity contribution in [1.82, 2.24) is 10.2 Å². The van der Waals surface area contributed by atoms with Gasteiger partial charge in [-0.05, 0) is 48.6 Å². The van der Waals surface area contributed by atoms with Crippen molar-refractivity contribution in [3.8, 4) is 17.2 Å². The van der Waals surface area contributed by atoms with E-state index in [9.17, 15) is 0 Å². The number of ether oxygens (including phenoxy) is 3. The van der Waals surface area contributed by atoms with Crippen LogP contribution in [0.5, 0.6) is 17.2 Å². The van der Waals surface area contributed by atoms with Gasteiger partial charge in [-0.25, -0.2) is 0 Å². The van der Waals surface area contributed by atoms with Crippen molar-refractivity contribution in [2.45, 2.75) is 19.4 Å². The fourth-order valence-corrected chi connectivity index (χ4v) is 5.18. The smallest absolute Gasteiger partial charge is 0.231 e. The molecule has 3 heterocycles. The molecule has 0 radical (unpaired) electrons. The van der Waals surface area contributed by atoms with Gasteiger partial charge in [0, 0.05) is 31.6 Å². The van der Waals surface area contributed by atoms with E-state index in [-0.39, 0.29) is 6.79 Å². The van der Waals surface area contributed by atoms with Crippen LogP contribution < -0.4 is 19.5 Å². The highest BCUT2D eigenvalue weighted by Gasteiger charge is 2.48. The molecular weight excluding hydrogens is 352 g/mol. The van der Waals surface area contributed by atoms with Crippen molar-refractivity contribution in [3.63, 3.8) is 0 Å². The molecule has 2 atom stereocenters. The maximum Gasteiger partial charge on any atom is 0.231 e. The molecule has 0 bridgehead atoms. The van der Waals surface area contributed by atoms with Crippen LogP contribution >= 0.6 is 0 Å². The van der Waals surface area contributed by atoms with E-state index in [2.05, 4.69) is 52.7 Å². The number of benzene rings is 2. The van der Waals surface area contributed by atoms with E-state index in [4.69, 9.17) is 14.2 Å². The molecule has 5 rings (SSSR count). The summed E-state index contributed by atoms with van der Waals surface area (Å²) in [4.78, 5) is 2.60. The topological polar surface area (TPSA) is 43.0 Å². The van der Waals surface area contributed by atoms with Crippen molar-refractivity contribution in [3.05, 3.63) is 53.6 Å². The van der Waals surface area contributed by atoms with Crippen LogP contribution in [0.3, 0.4) is 0 Å². The number of likely N-dealkylation sites (tertiary alicyclic amines) is 1. The molecule has 0 saturated carbocycles. The van der Waals surface area contributed by atoms with E-state index in [0.29, 0.717) is 5.41 Å². The van der Waals surface area contributed by atoms with Crippen molar-refractivity contribution in [2.75, 3.05) is 40.1 Å². The molecule has 0 aliphatic carbocycles. The lowest BCUT2D eigenvalue weighted by atomic mass is 9.76. The molecule has 0 amide bonds. The van der Waals surface area contributed by atoms with Crippen LogP contribution in [0.1, 0.15) is 17.5 Å². The molecule has 148 valence electrons. The average molecular weight is 380 g/mol. The highest BCUT2D eigenvalue weighted by atomic mass is 16.7. The van der Waals surface area contributed by atoms with Gasteiger partial charge in [-0.3, -0.25) is 4.90 Å². The van der Waals surface area contributed by atoms with E-state index in [1.807, 2.05) is 0 Å². The summed E-state index contributed by atoms with van der Waals surface area (Å²) in [6.07, 6.45) is 2.40. The predicted molar refractivity (Wildman–Crippen MR) is 108 cm³/mol. The fraction of sp³-hybridized carbons (Fsp3) is 0.478. The van der Waals surface area contributed by atoms with Gasteiger partial charge in [-0.2, -0.15) is 0 Å². The third-order valence-electron chi connectivity index (χ3n) is 6.63. The van der Waals surface area contributed by atoms with Gasteiger partial charge in [-0.1, -0.05) is 30.3 Å². The standard InChI is InChI=1S/C23H28N2O3/c1-26-20-9-18(10-21-22(20)28-16-27-21)12-25-13-19-11-24-14-23(19,15-25)8-7-17-5-3-2-4-6-17/h2-6,9-10,19,24H,7-8,11-16H2,1H3. The molecule has 2 saturated heterocycles. The highest BCUT2D eigenvalue weighted by molar-refractivity contribution is 5.55. The molecule has 0 spiro atoms. The second kappa shape index (κ2) is 7.30. The van der Waals surface area contributed by atoms with Crippen molar-refractivity contribution < 1.29 is 14.2 Å². The van der Waals surface area contributed by atoms with E-state index in [1.54, 1.807) is 7.11 Å². The molecule has 28 heavy (non-hydrogen) atoms. The van der Waals surface area contributed by atoms with Crippen LogP contribution in [-0.2, 0) is 13.0 Å². The molecule has 2 fully saturated rings. The zero-order chi connectivity index (χ0) is 19.0. The molecule has 2 unspecified atom stereocenters. The minimum absolute atomic E-state index is 0.273. The third-order valence-corrected chi connectivity index (χ3v) is 6.63. The SMILES string of the molecule is COc1cc(CN2CC3CNCC3(CCc3ccccc3)C2)cc2c1OCO2. The first-order chi connectivity index (χ1) is 13.8. The first-order valence-corrected chi connectivity index (χ1v) is 10.2. The van der Waals surface area contributed by atoms with E-state index in [1.165, 1.54) is 17.5 Å². The Balaban J connectivity index is 1.29. The van der Waals surface area contributed by atoms with E-state index < -0.39 is 0 Å². The number of fused-ring (bicyclic) bond motifs is 2. The summed E-state index contributed by atoms with van der Waals surface area (Å²) in [6.45, 7) is 5.76. The van der Waals surface area contributed by atoms with Gasteiger partial charge < -0.3 is 19.5 Å². The molecule has 3 aliphatic rings. The van der Waals surface area contributed by atoms with Gasteiger partial charge >= 0.3 is 0 Å². The van der Waals surface area contributed by atoms with Crippen LogP contribution in [0.25, 0.3) is 0 Å². The van der Waals surface area contributed by atoms with Gasteiger partial charge in [-0.15, -0.1) is 0 Å². The van der Waals surface area contributed by atoms with Crippen LogP contribution in [0.2, 0.25) is 0 Å². The Morgan fingerprint density at radius 2 is 2.07 bits per heavy atom. The highest BCUT2D eigenvalue weighted by Crippen LogP contribution is 2.45. The zero-order valence-electron chi connectivity index (χ0n) is 16.4. The number of hydrogen-bond acceptors (Lipinski definition) is 5.